The molecular weight excluding hydrogens is 400 g/mol. The van der Waals surface area contributed by atoms with Gasteiger partial charge in [-0.05, 0) is 47.0 Å². The smallest absolute Gasteiger partial charge is 0.407 e. The predicted molar refractivity (Wildman–Crippen MR) is 120 cm³/mol. The monoisotopic (exact) mass is 442 g/mol. The van der Waals surface area contributed by atoms with Crippen LogP contribution in [0.1, 0.15) is 99.3 Å². The van der Waals surface area contributed by atoms with Crippen LogP contribution < -0.4 is 10.6 Å². The first-order valence-electron chi connectivity index (χ1n) is 11.5. The average Bonchev–Trinajstić information content (AvgIpc) is 2.65. The minimum Gasteiger partial charge on any atom is -0.452 e. The fraction of sp³-hybridized carbons (Fsp3) is 0.826. The molecular formula is C23H42N2O6. The molecule has 0 aromatic heterocycles. The molecule has 0 aromatic rings. The van der Waals surface area contributed by atoms with Gasteiger partial charge in [-0.15, -0.1) is 0 Å². The molecule has 2 atom stereocenters. The van der Waals surface area contributed by atoms with Crippen LogP contribution in [0.5, 0.6) is 0 Å². The Balaban J connectivity index is 4.62. The van der Waals surface area contributed by atoms with Crippen LogP contribution in [-0.2, 0) is 23.9 Å². The van der Waals surface area contributed by atoms with Gasteiger partial charge in [0.25, 0.3) is 5.91 Å². The van der Waals surface area contributed by atoms with E-state index in [-0.39, 0.29) is 25.2 Å². The maximum Gasteiger partial charge on any atom is 0.407 e. The lowest BCUT2D eigenvalue weighted by molar-refractivity contribution is -0.156. The molecule has 180 valence electrons. The topological polar surface area (TPSA) is 111 Å². The van der Waals surface area contributed by atoms with Crippen LogP contribution in [0.4, 0.5) is 4.79 Å². The summed E-state index contributed by atoms with van der Waals surface area (Å²) >= 11 is 0. The zero-order chi connectivity index (χ0) is 23.9. The lowest BCUT2D eigenvalue weighted by Crippen LogP contribution is -2.47. The molecule has 8 heteroatoms. The van der Waals surface area contributed by atoms with Crippen LogP contribution in [0.2, 0.25) is 0 Å². The summed E-state index contributed by atoms with van der Waals surface area (Å²) in [5.74, 6) is -1.12. The molecule has 0 fully saturated rings. The van der Waals surface area contributed by atoms with E-state index in [1.54, 1.807) is 20.8 Å². The Hall–Kier alpha value is -2.12. The van der Waals surface area contributed by atoms with Crippen molar-refractivity contribution < 1.29 is 28.7 Å². The Kier molecular flexibility index (Phi) is 14.6. The summed E-state index contributed by atoms with van der Waals surface area (Å²) in [6.07, 6.45) is 5.10. The van der Waals surface area contributed by atoms with E-state index < -0.39 is 35.7 Å². The highest BCUT2D eigenvalue weighted by Crippen LogP contribution is 2.10. The second-order valence-corrected chi connectivity index (χ2v) is 8.82. The first kappa shape index (κ1) is 28.9. The number of hydrogen-bond donors (Lipinski definition) is 2. The normalized spacial score (nSPS) is 13.1. The highest BCUT2D eigenvalue weighted by molar-refractivity contribution is 5.90. The number of carbonyl (C=O) groups is 4. The molecule has 2 N–H and O–H groups in total. The third-order valence-corrected chi connectivity index (χ3v) is 4.51. The van der Waals surface area contributed by atoms with Crippen molar-refractivity contribution >= 4 is 23.8 Å². The quantitative estimate of drug-likeness (QED) is 0.292. The SMILES string of the molecule is CCCCCCCC(=O)O[C@@H](CCC)C(=O)N[C@@H](CCNC(=O)OC(C)(C)C)C(C)=O. The Labute approximate surface area is 187 Å². The Morgan fingerprint density at radius 3 is 2.10 bits per heavy atom. The zero-order valence-corrected chi connectivity index (χ0v) is 20.2. The van der Waals surface area contributed by atoms with Crippen LogP contribution in [0.25, 0.3) is 0 Å². The van der Waals surface area contributed by atoms with Gasteiger partial charge in [0.15, 0.2) is 11.9 Å². The van der Waals surface area contributed by atoms with E-state index in [9.17, 15) is 19.2 Å². The van der Waals surface area contributed by atoms with Crippen molar-refractivity contribution in [2.75, 3.05) is 6.54 Å². The number of Topliss-reactive ketones (excluding diaryl/α,β-unsaturated/α-hetero) is 1. The number of amides is 2. The summed E-state index contributed by atoms with van der Waals surface area (Å²) < 4.78 is 10.5. The van der Waals surface area contributed by atoms with E-state index in [2.05, 4.69) is 17.6 Å². The third-order valence-electron chi connectivity index (χ3n) is 4.51. The summed E-state index contributed by atoms with van der Waals surface area (Å²) in [4.78, 5) is 48.4. The molecule has 0 unspecified atom stereocenters. The number of carbonyl (C=O) groups excluding carboxylic acids is 4. The fourth-order valence-corrected chi connectivity index (χ4v) is 2.87. The molecule has 0 bridgehead atoms. The molecule has 0 aromatic carbocycles. The summed E-state index contributed by atoms with van der Waals surface area (Å²) in [7, 11) is 0. The summed E-state index contributed by atoms with van der Waals surface area (Å²) in [6, 6.07) is -0.783. The molecule has 0 saturated heterocycles. The molecule has 31 heavy (non-hydrogen) atoms. The maximum atomic E-state index is 12.6. The summed E-state index contributed by atoms with van der Waals surface area (Å²) in [5.41, 5.74) is -0.620. The van der Waals surface area contributed by atoms with E-state index in [1.807, 2.05) is 6.92 Å². The Bertz CT molecular complexity index is 571. The van der Waals surface area contributed by atoms with Crippen LogP contribution >= 0.6 is 0 Å². The van der Waals surface area contributed by atoms with Crippen molar-refractivity contribution in [1.29, 1.82) is 0 Å². The maximum absolute atomic E-state index is 12.6. The number of alkyl carbamates (subject to hydrolysis) is 1. The van der Waals surface area contributed by atoms with Gasteiger partial charge in [-0.3, -0.25) is 14.4 Å². The average molecular weight is 443 g/mol. The van der Waals surface area contributed by atoms with E-state index >= 15 is 0 Å². The molecule has 0 aliphatic heterocycles. The Morgan fingerprint density at radius 2 is 1.55 bits per heavy atom. The first-order chi connectivity index (χ1) is 14.5. The largest absolute Gasteiger partial charge is 0.452 e. The number of ketones is 1. The van der Waals surface area contributed by atoms with Crippen molar-refractivity contribution in [2.24, 2.45) is 0 Å². The molecule has 0 radical (unpaired) electrons. The molecule has 0 aliphatic rings. The number of esters is 1. The number of hydrogen-bond acceptors (Lipinski definition) is 6. The van der Waals surface area contributed by atoms with Gasteiger partial charge >= 0.3 is 12.1 Å². The second kappa shape index (κ2) is 15.6. The van der Waals surface area contributed by atoms with Crippen molar-refractivity contribution in [3.63, 3.8) is 0 Å². The standard InChI is InChI=1S/C23H42N2O6/c1-7-9-10-11-12-14-20(27)30-19(13-8-2)21(28)25-18(17(3)26)15-16-24-22(29)31-23(4,5)6/h18-19H,7-16H2,1-6H3,(H,24,29)(H,25,28)/t18-,19-/m0/s1. The lowest BCUT2D eigenvalue weighted by Gasteiger charge is -2.22. The molecule has 0 aliphatic carbocycles. The van der Waals surface area contributed by atoms with Gasteiger partial charge in [0.1, 0.15) is 5.60 Å². The van der Waals surface area contributed by atoms with Gasteiger partial charge in [0.05, 0.1) is 6.04 Å². The second-order valence-electron chi connectivity index (χ2n) is 8.82. The van der Waals surface area contributed by atoms with E-state index in [4.69, 9.17) is 9.47 Å². The number of nitrogens with one attached hydrogen (secondary N) is 2. The van der Waals surface area contributed by atoms with Crippen LogP contribution in [0.15, 0.2) is 0 Å². The molecule has 8 nitrogen and oxygen atoms in total. The van der Waals surface area contributed by atoms with E-state index in [0.717, 1.165) is 32.1 Å². The van der Waals surface area contributed by atoms with Gasteiger partial charge < -0.3 is 20.1 Å². The van der Waals surface area contributed by atoms with Gasteiger partial charge in [0.2, 0.25) is 0 Å². The molecule has 0 saturated carbocycles. The van der Waals surface area contributed by atoms with Gasteiger partial charge in [-0.2, -0.15) is 0 Å². The van der Waals surface area contributed by atoms with Crippen LogP contribution in [0, 0.1) is 0 Å². The molecule has 0 spiro atoms. The van der Waals surface area contributed by atoms with E-state index in [0.29, 0.717) is 12.8 Å². The minimum absolute atomic E-state index is 0.162. The highest BCUT2D eigenvalue weighted by atomic mass is 16.6. The number of unbranched alkanes of at least 4 members (excludes halogenated alkanes) is 4. The predicted octanol–water partition coefficient (Wildman–Crippen LogP) is 4.05. The van der Waals surface area contributed by atoms with Crippen LogP contribution in [0.3, 0.4) is 0 Å². The fourth-order valence-electron chi connectivity index (χ4n) is 2.87. The lowest BCUT2D eigenvalue weighted by atomic mass is 10.1. The van der Waals surface area contributed by atoms with Gasteiger partial charge in [0, 0.05) is 13.0 Å². The number of ether oxygens (including phenoxy) is 2. The Morgan fingerprint density at radius 1 is 0.903 bits per heavy atom. The van der Waals surface area contributed by atoms with Crippen molar-refractivity contribution in [2.45, 2.75) is 117 Å². The molecule has 0 rings (SSSR count). The van der Waals surface area contributed by atoms with Crippen molar-refractivity contribution in [1.82, 2.24) is 10.6 Å². The van der Waals surface area contributed by atoms with Crippen molar-refractivity contribution in [3.8, 4) is 0 Å². The first-order valence-corrected chi connectivity index (χ1v) is 11.5. The van der Waals surface area contributed by atoms with E-state index in [1.165, 1.54) is 6.92 Å². The van der Waals surface area contributed by atoms with Gasteiger partial charge in [-0.25, -0.2) is 4.79 Å². The third kappa shape index (κ3) is 15.3. The number of rotatable bonds is 15. The van der Waals surface area contributed by atoms with Gasteiger partial charge in [-0.1, -0.05) is 46.0 Å². The highest BCUT2D eigenvalue weighted by Gasteiger charge is 2.26. The summed E-state index contributed by atoms with van der Waals surface area (Å²) in [6.45, 7) is 10.8. The summed E-state index contributed by atoms with van der Waals surface area (Å²) in [5, 5.41) is 5.23. The molecule has 0 heterocycles. The molecule has 2 amide bonds. The van der Waals surface area contributed by atoms with Crippen LogP contribution in [-0.4, -0.2) is 48.0 Å². The van der Waals surface area contributed by atoms with Crippen molar-refractivity contribution in [3.05, 3.63) is 0 Å². The minimum atomic E-state index is -0.922. The zero-order valence-electron chi connectivity index (χ0n) is 20.2.